The van der Waals surface area contributed by atoms with E-state index in [-0.39, 0.29) is 0 Å². The summed E-state index contributed by atoms with van der Waals surface area (Å²) in [6.07, 6.45) is 0.653. The van der Waals surface area contributed by atoms with E-state index in [1.54, 1.807) is 6.92 Å². The molecule has 0 amide bonds. The topological polar surface area (TPSA) is 88.2 Å². The van der Waals surface area contributed by atoms with Crippen molar-refractivity contribution in [2.45, 2.75) is 19.4 Å². The van der Waals surface area contributed by atoms with Crippen LogP contribution in [-0.4, -0.2) is 22.1 Å². The maximum atomic E-state index is 10.7. The molecule has 0 aliphatic carbocycles. The van der Waals surface area contributed by atoms with Crippen molar-refractivity contribution in [2.75, 3.05) is 11.1 Å². The molecule has 0 saturated carbocycles. The van der Waals surface area contributed by atoms with E-state index >= 15 is 0 Å². The number of thiazole rings is 1. The van der Waals surface area contributed by atoms with Crippen LogP contribution in [0.3, 0.4) is 0 Å². The lowest BCUT2D eigenvalue weighted by Crippen LogP contribution is -2.25. The highest BCUT2D eigenvalue weighted by Gasteiger charge is 2.12. The van der Waals surface area contributed by atoms with Crippen LogP contribution in [0.4, 0.5) is 11.5 Å². The van der Waals surface area contributed by atoms with Gasteiger partial charge < -0.3 is 16.2 Å². The van der Waals surface area contributed by atoms with Crippen LogP contribution in [0.5, 0.6) is 0 Å². The van der Waals surface area contributed by atoms with Crippen LogP contribution in [0.25, 0.3) is 0 Å². The van der Waals surface area contributed by atoms with E-state index in [2.05, 4.69) is 10.3 Å². The molecule has 0 bridgehead atoms. The number of anilines is 2. The summed E-state index contributed by atoms with van der Waals surface area (Å²) in [7, 11) is 0. The average molecular weight is 277 g/mol. The van der Waals surface area contributed by atoms with E-state index in [4.69, 9.17) is 10.8 Å². The number of nitrogens with two attached hydrogens (primary N) is 1. The highest BCUT2D eigenvalue weighted by Crippen LogP contribution is 2.21. The van der Waals surface area contributed by atoms with E-state index < -0.39 is 12.0 Å². The Labute approximate surface area is 115 Å². The summed E-state index contributed by atoms with van der Waals surface area (Å²) in [5.74, 6) is -0.314. The Morgan fingerprint density at radius 2 is 2.26 bits per heavy atom. The lowest BCUT2D eigenvalue weighted by Gasteiger charge is -2.06. The average Bonchev–Trinajstić information content (AvgIpc) is 2.79. The third-order valence-electron chi connectivity index (χ3n) is 2.68. The van der Waals surface area contributed by atoms with Gasteiger partial charge in [-0.15, -0.1) is 11.3 Å². The van der Waals surface area contributed by atoms with Gasteiger partial charge in [0.25, 0.3) is 0 Å². The van der Waals surface area contributed by atoms with Gasteiger partial charge in [-0.3, -0.25) is 4.79 Å². The molecule has 2 rings (SSSR count). The highest BCUT2D eigenvalue weighted by molar-refractivity contribution is 7.10. The third kappa shape index (κ3) is 3.45. The number of hydrogen-bond donors (Lipinski definition) is 3. The number of nitrogens with one attached hydrogen (secondary N) is 1. The number of hydrogen-bond acceptors (Lipinski definition) is 5. The molecule has 1 aromatic carbocycles. The first kappa shape index (κ1) is 13.4. The van der Waals surface area contributed by atoms with E-state index in [9.17, 15) is 4.79 Å². The molecule has 0 fully saturated rings. The second kappa shape index (κ2) is 5.71. The number of aromatic nitrogens is 1. The van der Waals surface area contributed by atoms with Crippen LogP contribution in [0.2, 0.25) is 0 Å². The number of nitrogens with zero attached hydrogens (tertiary/aromatic N) is 1. The van der Waals surface area contributed by atoms with Crippen LogP contribution < -0.4 is 11.1 Å². The number of rotatable bonds is 5. The first-order chi connectivity index (χ1) is 9.06. The maximum Gasteiger partial charge on any atom is 0.325 e. The van der Waals surface area contributed by atoms with E-state index in [0.29, 0.717) is 12.2 Å². The van der Waals surface area contributed by atoms with Crippen LogP contribution in [0.15, 0.2) is 29.6 Å². The van der Waals surface area contributed by atoms with Crippen LogP contribution in [0, 0.1) is 0 Å². The molecule has 100 valence electrons. The number of aliphatic carboxylic acids is 1. The molecule has 0 saturated heterocycles. The van der Waals surface area contributed by atoms with Gasteiger partial charge >= 0.3 is 5.97 Å². The first-order valence-electron chi connectivity index (χ1n) is 5.83. The summed E-state index contributed by atoms with van der Waals surface area (Å²) in [6, 6.07) is 6.99. The molecule has 1 aromatic heterocycles. The summed E-state index contributed by atoms with van der Waals surface area (Å²) in [5.41, 5.74) is 7.64. The Kier molecular flexibility index (Phi) is 4.01. The fourth-order valence-electron chi connectivity index (χ4n) is 1.60. The van der Waals surface area contributed by atoms with Gasteiger partial charge in [-0.05, 0) is 18.6 Å². The van der Waals surface area contributed by atoms with Crippen molar-refractivity contribution in [3.05, 3.63) is 40.2 Å². The molecular weight excluding hydrogens is 262 g/mol. The number of carboxylic acids is 1. The fourth-order valence-corrected chi connectivity index (χ4v) is 2.36. The third-order valence-corrected chi connectivity index (χ3v) is 3.53. The monoisotopic (exact) mass is 277 g/mol. The summed E-state index contributed by atoms with van der Waals surface area (Å²) in [5, 5.41) is 14.4. The summed E-state index contributed by atoms with van der Waals surface area (Å²) < 4.78 is 0. The predicted molar refractivity (Wildman–Crippen MR) is 76.5 cm³/mol. The number of benzene rings is 1. The smallest absolute Gasteiger partial charge is 0.325 e. The number of carboxylic acid groups (broad SMARTS) is 1. The van der Waals surface area contributed by atoms with Gasteiger partial charge in [0.05, 0.1) is 5.01 Å². The zero-order chi connectivity index (χ0) is 13.8. The molecule has 0 spiro atoms. The van der Waals surface area contributed by atoms with Gasteiger partial charge in [0.15, 0.2) is 0 Å². The minimum Gasteiger partial charge on any atom is -0.480 e. The SMILES string of the molecule is CC(Nc1csc(Cc2ccccc2N)n1)C(=O)O. The van der Waals surface area contributed by atoms with Crippen molar-refractivity contribution in [1.29, 1.82) is 0 Å². The molecule has 19 heavy (non-hydrogen) atoms. The molecule has 1 atom stereocenters. The van der Waals surface area contributed by atoms with Gasteiger partial charge in [-0.1, -0.05) is 18.2 Å². The Morgan fingerprint density at radius 3 is 2.95 bits per heavy atom. The minimum atomic E-state index is -0.901. The van der Waals surface area contributed by atoms with Crippen molar-refractivity contribution >= 4 is 28.8 Å². The lowest BCUT2D eigenvalue weighted by atomic mass is 10.1. The predicted octanol–water partition coefficient (Wildman–Crippen LogP) is 2.20. The molecule has 0 radical (unpaired) electrons. The Bertz CT molecular complexity index is 583. The van der Waals surface area contributed by atoms with Crippen molar-refractivity contribution < 1.29 is 9.90 Å². The molecule has 4 N–H and O–H groups in total. The second-order valence-electron chi connectivity index (χ2n) is 4.21. The molecule has 6 heteroatoms. The largest absolute Gasteiger partial charge is 0.480 e. The van der Waals surface area contributed by atoms with Crippen LogP contribution >= 0.6 is 11.3 Å². The lowest BCUT2D eigenvalue weighted by molar-refractivity contribution is -0.137. The van der Waals surface area contributed by atoms with Crippen LogP contribution in [0.1, 0.15) is 17.5 Å². The summed E-state index contributed by atoms with van der Waals surface area (Å²) in [4.78, 5) is 15.1. The zero-order valence-corrected chi connectivity index (χ0v) is 11.3. The van der Waals surface area contributed by atoms with Crippen molar-refractivity contribution in [1.82, 2.24) is 4.98 Å². The normalized spacial score (nSPS) is 12.1. The highest BCUT2D eigenvalue weighted by atomic mass is 32.1. The van der Waals surface area contributed by atoms with Crippen molar-refractivity contribution in [3.63, 3.8) is 0 Å². The van der Waals surface area contributed by atoms with E-state index in [1.807, 2.05) is 29.6 Å². The van der Waals surface area contributed by atoms with Gasteiger partial charge in [-0.25, -0.2) is 4.98 Å². The second-order valence-corrected chi connectivity index (χ2v) is 5.15. The Balaban J connectivity index is 2.06. The maximum absolute atomic E-state index is 10.7. The molecular formula is C13H15N3O2S. The molecule has 5 nitrogen and oxygen atoms in total. The summed E-state index contributed by atoms with van der Waals surface area (Å²) >= 11 is 1.48. The molecule has 0 aliphatic heterocycles. The zero-order valence-electron chi connectivity index (χ0n) is 10.5. The minimum absolute atomic E-state index is 0.587. The summed E-state index contributed by atoms with van der Waals surface area (Å²) in [6.45, 7) is 1.58. The quantitative estimate of drug-likeness (QED) is 0.729. The Hall–Kier alpha value is -2.08. The van der Waals surface area contributed by atoms with Gasteiger partial charge in [0, 0.05) is 17.5 Å². The van der Waals surface area contributed by atoms with Gasteiger partial charge in [-0.2, -0.15) is 0 Å². The first-order valence-corrected chi connectivity index (χ1v) is 6.71. The molecule has 1 heterocycles. The van der Waals surface area contributed by atoms with Crippen molar-refractivity contribution in [2.24, 2.45) is 0 Å². The van der Waals surface area contributed by atoms with Gasteiger partial charge in [0.1, 0.15) is 11.9 Å². The Morgan fingerprint density at radius 1 is 1.53 bits per heavy atom. The molecule has 2 aromatic rings. The van der Waals surface area contributed by atoms with Gasteiger partial charge in [0.2, 0.25) is 0 Å². The standard InChI is InChI=1S/C13H15N3O2S/c1-8(13(17)18)15-11-7-19-12(16-11)6-9-4-2-3-5-10(9)14/h2-5,7-8,15H,6,14H2,1H3,(H,17,18). The number of para-hydroxylation sites is 1. The molecule has 1 unspecified atom stereocenters. The van der Waals surface area contributed by atoms with E-state index in [0.717, 1.165) is 16.3 Å². The molecule has 0 aliphatic rings. The van der Waals surface area contributed by atoms with E-state index in [1.165, 1.54) is 11.3 Å². The fraction of sp³-hybridized carbons (Fsp3) is 0.231. The number of nitrogen functional groups attached to an aromatic ring is 1. The van der Waals surface area contributed by atoms with Crippen LogP contribution in [-0.2, 0) is 11.2 Å². The number of carbonyl (C=O) groups is 1. The van der Waals surface area contributed by atoms with Crippen molar-refractivity contribution in [3.8, 4) is 0 Å².